The summed E-state index contributed by atoms with van der Waals surface area (Å²) in [4.78, 5) is 16.9. The van der Waals surface area contributed by atoms with Crippen LogP contribution in [-0.4, -0.2) is 27.3 Å². The van der Waals surface area contributed by atoms with Crippen LogP contribution in [0.5, 0.6) is 0 Å². The quantitative estimate of drug-likeness (QED) is 0.921. The molecule has 2 heterocycles. The lowest BCUT2D eigenvalue weighted by Crippen LogP contribution is -2.30. The fourth-order valence-corrected chi connectivity index (χ4v) is 4.13. The van der Waals surface area contributed by atoms with Gasteiger partial charge in [0.25, 0.3) is 0 Å². The van der Waals surface area contributed by atoms with Gasteiger partial charge < -0.3 is 9.88 Å². The van der Waals surface area contributed by atoms with Crippen LogP contribution in [0.25, 0.3) is 11.0 Å². The zero-order chi connectivity index (χ0) is 15.5. The van der Waals surface area contributed by atoms with Gasteiger partial charge in [0.2, 0.25) is 5.91 Å². The number of thioether (sulfide) groups is 1. The van der Waals surface area contributed by atoms with Crippen molar-refractivity contribution in [1.29, 1.82) is 0 Å². The Morgan fingerprint density at radius 1 is 1.45 bits per heavy atom. The van der Waals surface area contributed by atoms with Crippen molar-refractivity contribution in [3.8, 4) is 0 Å². The number of carbonyl (C=O) groups excluding carboxylic acids is 1. The van der Waals surface area contributed by atoms with Crippen LogP contribution in [0.4, 0.5) is 0 Å². The van der Waals surface area contributed by atoms with Crippen molar-refractivity contribution in [2.24, 2.45) is 0 Å². The highest BCUT2D eigenvalue weighted by Gasteiger charge is 2.24. The van der Waals surface area contributed by atoms with Gasteiger partial charge >= 0.3 is 0 Å². The van der Waals surface area contributed by atoms with Crippen molar-refractivity contribution in [2.45, 2.75) is 49.6 Å². The molecule has 0 bridgehead atoms. The Balaban J connectivity index is 1.94. The molecule has 0 aliphatic carbocycles. The number of fused-ring (bicyclic) bond motifs is 1. The van der Waals surface area contributed by atoms with Crippen molar-refractivity contribution in [3.63, 3.8) is 0 Å². The highest BCUT2D eigenvalue weighted by Crippen LogP contribution is 2.31. The van der Waals surface area contributed by atoms with E-state index in [2.05, 4.69) is 16.8 Å². The van der Waals surface area contributed by atoms with Crippen molar-refractivity contribution in [3.05, 3.63) is 23.2 Å². The minimum absolute atomic E-state index is 0.0506. The summed E-state index contributed by atoms with van der Waals surface area (Å²) in [5.74, 6) is 0.135. The number of nitrogens with one attached hydrogen (secondary N) is 1. The van der Waals surface area contributed by atoms with Crippen molar-refractivity contribution >= 4 is 40.3 Å². The number of benzene rings is 1. The second-order valence-electron chi connectivity index (χ2n) is 5.57. The molecule has 3 rings (SSSR count). The van der Waals surface area contributed by atoms with Crippen molar-refractivity contribution in [1.82, 2.24) is 14.9 Å². The molecule has 1 saturated heterocycles. The number of hydrogen-bond acceptors (Lipinski definition) is 3. The first kappa shape index (κ1) is 15.7. The Labute approximate surface area is 139 Å². The van der Waals surface area contributed by atoms with E-state index in [0.717, 1.165) is 55.0 Å². The summed E-state index contributed by atoms with van der Waals surface area (Å²) in [6, 6.07) is 5.79. The van der Waals surface area contributed by atoms with Crippen LogP contribution in [0.2, 0.25) is 5.02 Å². The third-order valence-electron chi connectivity index (χ3n) is 3.85. The van der Waals surface area contributed by atoms with Gasteiger partial charge in [-0.1, -0.05) is 36.7 Å². The van der Waals surface area contributed by atoms with Gasteiger partial charge in [-0.05, 0) is 37.5 Å². The topological polar surface area (TPSA) is 46.9 Å². The summed E-state index contributed by atoms with van der Waals surface area (Å²) in [7, 11) is 0. The summed E-state index contributed by atoms with van der Waals surface area (Å²) in [6.45, 7) is 3.83. The smallest absolute Gasteiger partial charge is 0.233 e. The molecule has 1 fully saturated rings. The Kier molecular flexibility index (Phi) is 4.93. The highest BCUT2D eigenvalue weighted by atomic mass is 35.5. The average molecular weight is 338 g/mol. The van der Waals surface area contributed by atoms with E-state index in [4.69, 9.17) is 16.6 Å². The number of aromatic nitrogens is 2. The van der Waals surface area contributed by atoms with Gasteiger partial charge in [-0.15, -0.1) is 0 Å². The van der Waals surface area contributed by atoms with Gasteiger partial charge in [0.1, 0.15) is 0 Å². The van der Waals surface area contributed by atoms with E-state index in [1.807, 2.05) is 18.2 Å². The number of rotatable bonds is 4. The zero-order valence-electron chi connectivity index (χ0n) is 12.6. The first-order valence-corrected chi connectivity index (χ1v) is 9.05. The molecule has 0 spiro atoms. The van der Waals surface area contributed by atoms with Crippen LogP contribution in [0.3, 0.4) is 0 Å². The number of hydrogen-bond donors (Lipinski definition) is 1. The second-order valence-corrected chi connectivity index (χ2v) is 7.18. The first-order chi connectivity index (χ1) is 10.7. The average Bonchev–Trinajstić information content (AvgIpc) is 2.68. The lowest BCUT2D eigenvalue weighted by Gasteiger charge is -2.13. The van der Waals surface area contributed by atoms with Crippen LogP contribution < -0.4 is 5.32 Å². The molecule has 1 amide bonds. The molecule has 1 aliphatic rings. The standard InChI is InChI=1S/C16H20ClN3OS/c1-2-9-20-13-7-6-11(17)10-12(13)19-16(20)22-14-5-3-4-8-18-15(14)21/h6-7,10,14H,2-5,8-9H2,1H3,(H,18,21). The maximum atomic E-state index is 12.2. The Morgan fingerprint density at radius 3 is 3.14 bits per heavy atom. The van der Waals surface area contributed by atoms with Gasteiger partial charge in [-0.2, -0.15) is 0 Å². The monoisotopic (exact) mass is 337 g/mol. The van der Waals surface area contributed by atoms with Gasteiger partial charge in [0.05, 0.1) is 16.3 Å². The van der Waals surface area contributed by atoms with Crippen LogP contribution in [0, 0.1) is 0 Å². The maximum absolute atomic E-state index is 12.2. The Bertz CT molecular complexity index is 685. The number of nitrogens with zero attached hydrogens (tertiary/aromatic N) is 2. The normalized spacial score (nSPS) is 19.2. The van der Waals surface area contributed by atoms with Gasteiger partial charge in [0, 0.05) is 18.1 Å². The largest absolute Gasteiger partial charge is 0.355 e. The molecule has 0 radical (unpaired) electrons. The molecule has 2 aromatic rings. The molecule has 1 aliphatic heterocycles. The highest BCUT2D eigenvalue weighted by molar-refractivity contribution is 8.00. The molecular formula is C16H20ClN3OS. The van der Waals surface area contributed by atoms with Crippen molar-refractivity contribution < 1.29 is 4.79 Å². The van der Waals surface area contributed by atoms with Crippen LogP contribution in [-0.2, 0) is 11.3 Å². The molecule has 118 valence electrons. The third kappa shape index (κ3) is 3.25. The first-order valence-electron chi connectivity index (χ1n) is 7.79. The molecule has 1 unspecified atom stereocenters. The van der Waals surface area contributed by atoms with Crippen LogP contribution >= 0.6 is 23.4 Å². The summed E-state index contributed by atoms with van der Waals surface area (Å²) < 4.78 is 2.20. The molecule has 4 nitrogen and oxygen atoms in total. The lowest BCUT2D eigenvalue weighted by atomic mass is 10.2. The van der Waals surface area contributed by atoms with Crippen molar-refractivity contribution in [2.75, 3.05) is 6.54 Å². The Morgan fingerprint density at radius 2 is 2.32 bits per heavy atom. The number of amides is 1. The summed E-state index contributed by atoms with van der Waals surface area (Å²) in [5, 5.41) is 4.55. The number of halogens is 1. The van der Waals surface area contributed by atoms with E-state index in [9.17, 15) is 4.79 Å². The van der Waals surface area contributed by atoms with Crippen LogP contribution in [0.1, 0.15) is 32.6 Å². The van der Waals surface area contributed by atoms with Gasteiger partial charge in [-0.25, -0.2) is 4.98 Å². The molecule has 1 aromatic carbocycles. The SMILES string of the molecule is CCCn1c(SC2CCCCNC2=O)nc2cc(Cl)ccc21. The van der Waals surface area contributed by atoms with E-state index >= 15 is 0 Å². The minimum Gasteiger partial charge on any atom is -0.355 e. The second kappa shape index (κ2) is 6.92. The predicted octanol–water partition coefficient (Wildman–Crippen LogP) is 3.86. The summed E-state index contributed by atoms with van der Waals surface area (Å²) in [6.07, 6.45) is 4.07. The third-order valence-corrected chi connectivity index (χ3v) is 5.35. The number of carbonyl (C=O) groups is 1. The fraction of sp³-hybridized carbons (Fsp3) is 0.500. The van der Waals surface area contributed by atoms with E-state index in [1.165, 1.54) is 0 Å². The molecule has 1 N–H and O–H groups in total. The predicted molar refractivity (Wildman–Crippen MR) is 91.5 cm³/mol. The summed E-state index contributed by atoms with van der Waals surface area (Å²) in [5.41, 5.74) is 1.99. The lowest BCUT2D eigenvalue weighted by molar-refractivity contribution is -0.120. The van der Waals surface area contributed by atoms with Gasteiger partial charge in [-0.3, -0.25) is 4.79 Å². The molecular weight excluding hydrogens is 318 g/mol. The number of imidazole rings is 1. The summed E-state index contributed by atoms with van der Waals surface area (Å²) >= 11 is 7.65. The van der Waals surface area contributed by atoms with E-state index in [0.29, 0.717) is 5.02 Å². The molecule has 0 saturated carbocycles. The van der Waals surface area contributed by atoms with E-state index in [1.54, 1.807) is 11.8 Å². The zero-order valence-corrected chi connectivity index (χ0v) is 14.2. The minimum atomic E-state index is -0.0506. The maximum Gasteiger partial charge on any atom is 0.233 e. The molecule has 1 atom stereocenters. The molecule has 22 heavy (non-hydrogen) atoms. The molecule has 6 heteroatoms. The van der Waals surface area contributed by atoms with Gasteiger partial charge in [0.15, 0.2) is 5.16 Å². The van der Waals surface area contributed by atoms with E-state index < -0.39 is 0 Å². The Hall–Kier alpha value is -1.20. The van der Waals surface area contributed by atoms with Crippen LogP contribution in [0.15, 0.2) is 23.4 Å². The molecule has 1 aromatic heterocycles. The number of aryl methyl sites for hydroxylation is 1. The van der Waals surface area contributed by atoms with E-state index in [-0.39, 0.29) is 11.2 Å². The fourth-order valence-electron chi connectivity index (χ4n) is 2.76.